The van der Waals surface area contributed by atoms with Gasteiger partial charge in [0.25, 0.3) is 5.91 Å². The third-order valence-electron chi connectivity index (χ3n) is 3.89. The minimum absolute atomic E-state index is 0.147. The summed E-state index contributed by atoms with van der Waals surface area (Å²) < 4.78 is 0. The standard InChI is InChI=1S/C16H21NO3/c1-2-5-12(16(19)20)10-17-15(18)14-9-4-7-11-6-3-8-13(11)14/h4,7,9,12H,2-3,5-6,8,10H2,1H3,(H,17,18)(H,19,20). The number of amides is 1. The monoisotopic (exact) mass is 275 g/mol. The lowest BCUT2D eigenvalue weighted by Crippen LogP contribution is -2.33. The van der Waals surface area contributed by atoms with Crippen molar-refractivity contribution < 1.29 is 14.7 Å². The van der Waals surface area contributed by atoms with Crippen LogP contribution in [0.15, 0.2) is 18.2 Å². The summed E-state index contributed by atoms with van der Waals surface area (Å²) in [6.45, 7) is 2.15. The summed E-state index contributed by atoms with van der Waals surface area (Å²) in [7, 11) is 0. The number of nitrogens with one attached hydrogen (secondary N) is 1. The maximum atomic E-state index is 12.2. The molecule has 0 heterocycles. The van der Waals surface area contributed by atoms with E-state index in [0.29, 0.717) is 12.0 Å². The number of benzene rings is 1. The molecule has 108 valence electrons. The maximum Gasteiger partial charge on any atom is 0.308 e. The number of aryl methyl sites for hydroxylation is 1. The van der Waals surface area contributed by atoms with Crippen LogP contribution in [0.5, 0.6) is 0 Å². The van der Waals surface area contributed by atoms with E-state index < -0.39 is 11.9 Å². The zero-order chi connectivity index (χ0) is 14.5. The van der Waals surface area contributed by atoms with Crippen molar-refractivity contribution >= 4 is 11.9 Å². The molecule has 0 radical (unpaired) electrons. The molecule has 2 N–H and O–H groups in total. The summed E-state index contributed by atoms with van der Waals surface area (Å²) >= 11 is 0. The van der Waals surface area contributed by atoms with Gasteiger partial charge in [0.15, 0.2) is 0 Å². The second kappa shape index (κ2) is 6.55. The molecule has 0 spiro atoms. The second-order valence-corrected chi connectivity index (χ2v) is 5.33. The normalized spacial score (nSPS) is 14.7. The summed E-state index contributed by atoms with van der Waals surface area (Å²) in [6, 6.07) is 5.80. The molecule has 1 amide bonds. The van der Waals surface area contributed by atoms with Gasteiger partial charge in [0, 0.05) is 12.1 Å². The van der Waals surface area contributed by atoms with Gasteiger partial charge in [0.1, 0.15) is 0 Å². The number of aliphatic carboxylic acids is 1. The Labute approximate surface area is 119 Å². The van der Waals surface area contributed by atoms with Crippen molar-refractivity contribution in [1.82, 2.24) is 5.32 Å². The largest absolute Gasteiger partial charge is 0.481 e. The summed E-state index contributed by atoms with van der Waals surface area (Å²) in [5.74, 6) is -1.49. The summed E-state index contributed by atoms with van der Waals surface area (Å²) in [6.07, 6.45) is 4.45. The van der Waals surface area contributed by atoms with Crippen LogP contribution in [0, 0.1) is 5.92 Å². The van der Waals surface area contributed by atoms with Crippen molar-refractivity contribution in [3.8, 4) is 0 Å². The van der Waals surface area contributed by atoms with Crippen LogP contribution in [0.2, 0.25) is 0 Å². The Balaban J connectivity index is 2.02. The van der Waals surface area contributed by atoms with E-state index in [1.807, 2.05) is 19.1 Å². The molecule has 0 bridgehead atoms. The molecule has 0 fully saturated rings. The van der Waals surface area contributed by atoms with Gasteiger partial charge in [-0.05, 0) is 42.9 Å². The molecule has 1 unspecified atom stereocenters. The van der Waals surface area contributed by atoms with Crippen LogP contribution < -0.4 is 5.32 Å². The Morgan fingerprint density at radius 2 is 2.15 bits per heavy atom. The van der Waals surface area contributed by atoms with Crippen LogP contribution in [0.1, 0.15) is 47.7 Å². The number of carbonyl (C=O) groups is 2. The molecule has 2 rings (SSSR count). The Bertz CT molecular complexity index is 510. The smallest absolute Gasteiger partial charge is 0.308 e. The molecule has 4 nitrogen and oxygen atoms in total. The molecular formula is C16H21NO3. The molecule has 4 heteroatoms. The Hall–Kier alpha value is -1.84. The first-order chi connectivity index (χ1) is 9.63. The van der Waals surface area contributed by atoms with Gasteiger partial charge in [-0.25, -0.2) is 0 Å². The van der Waals surface area contributed by atoms with Crippen LogP contribution in [0.25, 0.3) is 0 Å². The van der Waals surface area contributed by atoms with Gasteiger partial charge in [-0.15, -0.1) is 0 Å². The van der Waals surface area contributed by atoms with Gasteiger partial charge in [-0.2, -0.15) is 0 Å². The lowest BCUT2D eigenvalue weighted by atomic mass is 10.0. The van der Waals surface area contributed by atoms with E-state index in [1.165, 1.54) is 5.56 Å². The number of fused-ring (bicyclic) bond motifs is 1. The third-order valence-corrected chi connectivity index (χ3v) is 3.89. The number of hydrogen-bond acceptors (Lipinski definition) is 2. The lowest BCUT2D eigenvalue weighted by molar-refractivity contribution is -0.141. The van der Waals surface area contributed by atoms with Gasteiger partial charge in [-0.3, -0.25) is 9.59 Å². The fraction of sp³-hybridized carbons (Fsp3) is 0.500. The molecule has 1 aliphatic rings. The van der Waals surface area contributed by atoms with Crippen molar-refractivity contribution in [2.45, 2.75) is 39.0 Å². The second-order valence-electron chi connectivity index (χ2n) is 5.33. The quantitative estimate of drug-likeness (QED) is 0.837. The van der Waals surface area contributed by atoms with Gasteiger partial charge < -0.3 is 10.4 Å². The first kappa shape index (κ1) is 14.6. The highest BCUT2D eigenvalue weighted by Gasteiger charge is 2.21. The fourth-order valence-electron chi connectivity index (χ4n) is 2.80. The Kier molecular flexibility index (Phi) is 4.77. The van der Waals surface area contributed by atoms with E-state index in [1.54, 1.807) is 0 Å². The average molecular weight is 275 g/mol. The predicted octanol–water partition coefficient (Wildman–Crippen LogP) is 2.41. The van der Waals surface area contributed by atoms with Gasteiger partial charge in [0.2, 0.25) is 0 Å². The summed E-state index contributed by atoms with van der Waals surface area (Å²) in [5, 5.41) is 11.9. The number of rotatable bonds is 6. The molecule has 1 aromatic carbocycles. The molecular weight excluding hydrogens is 254 g/mol. The number of carboxylic acid groups (broad SMARTS) is 1. The zero-order valence-electron chi connectivity index (χ0n) is 11.8. The van der Waals surface area contributed by atoms with Crippen molar-refractivity contribution in [2.24, 2.45) is 5.92 Å². The first-order valence-corrected chi connectivity index (χ1v) is 7.25. The highest BCUT2D eigenvalue weighted by atomic mass is 16.4. The fourth-order valence-corrected chi connectivity index (χ4v) is 2.80. The highest BCUT2D eigenvalue weighted by Crippen LogP contribution is 2.25. The SMILES string of the molecule is CCCC(CNC(=O)c1cccc2c1CCC2)C(=O)O. The Morgan fingerprint density at radius 1 is 1.35 bits per heavy atom. The third kappa shape index (κ3) is 3.18. The molecule has 1 atom stereocenters. The van der Waals surface area contributed by atoms with Gasteiger partial charge in [-0.1, -0.05) is 25.5 Å². The van der Waals surface area contributed by atoms with E-state index in [9.17, 15) is 9.59 Å². The lowest BCUT2D eigenvalue weighted by Gasteiger charge is -2.14. The van der Waals surface area contributed by atoms with E-state index in [0.717, 1.165) is 31.2 Å². The van der Waals surface area contributed by atoms with Crippen LogP contribution in [-0.2, 0) is 17.6 Å². The molecule has 0 saturated heterocycles. The van der Waals surface area contributed by atoms with Crippen molar-refractivity contribution in [3.05, 3.63) is 34.9 Å². The van der Waals surface area contributed by atoms with E-state index in [-0.39, 0.29) is 12.5 Å². The molecule has 0 saturated carbocycles. The number of carbonyl (C=O) groups excluding carboxylic acids is 1. The molecule has 20 heavy (non-hydrogen) atoms. The number of carboxylic acids is 1. The highest BCUT2D eigenvalue weighted by molar-refractivity contribution is 5.96. The zero-order valence-corrected chi connectivity index (χ0v) is 11.8. The average Bonchev–Trinajstić information content (AvgIpc) is 2.90. The summed E-state index contributed by atoms with van der Waals surface area (Å²) in [5.41, 5.74) is 3.09. The van der Waals surface area contributed by atoms with Crippen LogP contribution in [0.4, 0.5) is 0 Å². The summed E-state index contributed by atoms with van der Waals surface area (Å²) in [4.78, 5) is 23.3. The first-order valence-electron chi connectivity index (χ1n) is 7.25. The van der Waals surface area contributed by atoms with E-state index >= 15 is 0 Å². The Morgan fingerprint density at radius 3 is 2.85 bits per heavy atom. The van der Waals surface area contributed by atoms with Crippen molar-refractivity contribution in [1.29, 1.82) is 0 Å². The van der Waals surface area contributed by atoms with Crippen LogP contribution >= 0.6 is 0 Å². The van der Waals surface area contributed by atoms with Crippen LogP contribution in [0.3, 0.4) is 0 Å². The predicted molar refractivity (Wildman–Crippen MR) is 76.8 cm³/mol. The van der Waals surface area contributed by atoms with Crippen molar-refractivity contribution in [3.63, 3.8) is 0 Å². The molecule has 0 aromatic heterocycles. The molecule has 0 aliphatic heterocycles. The van der Waals surface area contributed by atoms with Gasteiger partial charge in [0.05, 0.1) is 5.92 Å². The topological polar surface area (TPSA) is 66.4 Å². The molecule has 1 aromatic rings. The van der Waals surface area contributed by atoms with Gasteiger partial charge >= 0.3 is 5.97 Å². The maximum absolute atomic E-state index is 12.2. The minimum Gasteiger partial charge on any atom is -0.481 e. The minimum atomic E-state index is -0.842. The van der Waals surface area contributed by atoms with E-state index in [2.05, 4.69) is 11.4 Å². The number of hydrogen-bond donors (Lipinski definition) is 2. The van der Waals surface area contributed by atoms with Crippen molar-refractivity contribution in [2.75, 3.05) is 6.54 Å². The van der Waals surface area contributed by atoms with Crippen LogP contribution in [-0.4, -0.2) is 23.5 Å². The molecule has 1 aliphatic carbocycles. The van der Waals surface area contributed by atoms with E-state index in [4.69, 9.17) is 5.11 Å².